The maximum absolute atomic E-state index is 11.7. The molecule has 6 heteroatoms. The Morgan fingerprint density at radius 3 is 2.80 bits per heavy atom. The van der Waals surface area contributed by atoms with Gasteiger partial charge in [0.15, 0.2) is 0 Å². The molecule has 0 radical (unpaired) electrons. The average Bonchev–Trinajstić information content (AvgIpc) is 2.15. The Morgan fingerprint density at radius 1 is 1.60 bits per heavy atom. The highest BCUT2D eigenvalue weighted by Crippen LogP contribution is 2.09. The maximum atomic E-state index is 11.7. The fourth-order valence-corrected chi connectivity index (χ4v) is 1.33. The lowest BCUT2D eigenvalue weighted by Gasteiger charge is -2.14. The highest BCUT2D eigenvalue weighted by atomic mass is 35.5. The first-order chi connectivity index (χ1) is 7.04. The van der Waals surface area contributed by atoms with Gasteiger partial charge in [-0.05, 0) is 6.42 Å². The molecule has 0 fully saturated rings. The molecule has 1 rings (SSSR count). The summed E-state index contributed by atoms with van der Waals surface area (Å²) in [5.41, 5.74) is 5.47. The van der Waals surface area contributed by atoms with Gasteiger partial charge in [0, 0.05) is 19.7 Å². The number of aromatic nitrogens is 2. The Balaban J connectivity index is 2.90. The van der Waals surface area contributed by atoms with E-state index in [0.717, 1.165) is 6.42 Å². The van der Waals surface area contributed by atoms with Gasteiger partial charge in [-0.1, -0.05) is 18.5 Å². The highest BCUT2D eigenvalue weighted by Gasteiger charge is 2.15. The molecular formula is C9H13ClN4O. The van der Waals surface area contributed by atoms with Crippen LogP contribution in [0.5, 0.6) is 0 Å². The Hall–Kier alpha value is -1.36. The number of hydrogen-bond donors (Lipinski definition) is 1. The second-order valence-electron chi connectivity index (χ2n) is 3.17. The summed E-state index contributed by atoms with van der Waals surface area (Å²) in [4.78, 5) is 20.9. The van der Waals surface area contributed by atoms with E-state index >= 15 is 0 Å². The summed E-state index contributed by atoms with van der Waals surface area (Å²) in [7, 11) is 1.69. The number of carbonyl (C=O) groups excluding carboxylic acids is 1. The number of amides is 1. The number of nitrogen functional groups attached to an aromatic ring is 1. The Bertz CT molecular complexity index is 349. The SMILES string of the molecule is CCCN(C)C(=O)c1nc(N)cc(Cl)n1. The lowest BCUT2D eigenvalue weighted by Crippen LogP contribution is -2.29. The molecule has 0 aliphatic heterocycles. The number of nitrogens with zero attached hydrogens (tertiary/aromatic N) is 3. The topological polar surface area (TPSA) is 72.1 Å². The second-order valence-corrected chi connectivity index (χ2v) is 3.55. The van der Waals surface area contributed by atoms with Gasteiger partial charge in [-0.15, -0.1) is 0 Å². The standard InChI is InChI=1S/C9H13ClN4O/c1-3-4-14(2)9(15)8-12-6(10)5-7(11)13-8/h5H,3-4H2,1-2H3,(H2,11,12,13). The van der Waals surface area contributed by atoms with Crippen molar-refractivity contribution >= 4 is 23.3 Å². The lowest BCUT2D eigenvalue weighted by molar-refractivity contribution is 0.0783. The number of halogens is 1. The quantitative estimate of drug-likeness (QED) is 0.789. The van der Waals surface area contributed by atoms with Crippen molar-refractivity contribution in [2.45, 2.75) is 13.3 Å². The van der Waals surface area contributed by atoms with Gasteiger partial charge < -0.3 is 10.6 Å². The molecule has 2 N–H and O–H groups in total. The van der Waals surface area contributed by atoms with Crippen LogP contribution in [0, 0.1) is 0 Å². The molecule has 0 spiro atoms. The van der Waals surface area contributed by atoms with Crippen LogP contribution in [0.1, 0.15) is 24.0 Å². The van der Waals surface area contributed by atoms with E-state index in [1.807, 2.05) is 6.92 Å². The van der Waals surface area contributed by atoms with Crippen LogP contribution in [-0.2, 0) is 0 Å². The van der Waals surface area contributed by atoms with E-state index in [0.29, 0.717) is 6.54 Å². The predicted molar refractivity (Wildman–Crippen MR) is 58.7 cm³/mol. The van der Waals surface area contributed by atoms with Gasteiger partial charge in [-0.2, -0.15) is 0 Å². The molecule has 0 aliphatic rings. The third-order valence-corrected chi connectivity index (χ3v) is 2.01. The van der Waals surface area contributed by atoms with E-state index in [1.54, 1.807) is 7.05 Å². The zero-order valence-electron chi connectivity index (χ0n) is 8.70. The van der Waals surface area contributed by atoms with Gasteiger partial charge in [-0.25, -0.2) is 9.97 Å². The van der Waals surface area contributed by atoms with Gasteiger partial charge in [0.1, 0.15) is 11.0 Å². The molecule has 1 aromatic rings. The minimum Gasteiger partial charge on any atom is -0.384 e. The van der Waals surface area contributed by atoms with Crippen LogP contribution in [0.3, 0.4) is 0 Å². The summed E-state index contributed by atoms with van der Waals surface area (Å²) in [5, 5.41) is 0.177. The second kappa shape index (κ2) is 4.93. The van der Waals surface area contributed by atoms with Crippen LogP contribution in [-0.4, -0.2) is 34.4 Å². The number of rotatable bonds is 3. The number of hydrogen-bond acceptors (Lipinski definition) is 4. The van der Waals surface area contributed by atoms with E-state index < -0.39 is 0 Å². The van der Waals surface area contributed by atoms with Crippen LogP contribution in [0.4, 0.5) is 5.82 Å². The molecule has 15 heavy (non-hydrogen) atoms. The fourth-order valence-electron chi connectivity index (χ4n) is 1.14. The molecule has 0 unspecified atom stereocenters. The van der Waals surface area contributed by atoms with Crippen molar-refractivity contribution in [3.8, 4) is 0 Å². The smallest absolute Gasteiger partial charge is 0.291 e. The zero-order valence-corrected chi connectivity index (χ0v) is 9.45. The molecular weight excluding hydrogens is 216 g/mol. The maximum Gasteiger partial charge on any atom is 0.291 e. The van der Waals surface area contributed by atoms with E-state index in [2.05, 4.69) is 9.97 Å². The molecule has 0 atom stereocenters. The van der Waals surface area contributed by atoms with Crippen molar-refractivity contribution in [3.63, 3.8) is 0 Å². The fraction of sp³-hybridized carbons (Fsp3) is 0.444. The van der Waals surface area contributed by atoms with Gasteiger partial charge in [0.05, 0.1) is 0 Å². The van der Waals surface area contributed by atoms with Gasteiger partial charge in [-0.3, -0.25) is 4.79 Å². The minimum absolute atomic E-state index is 0.0379. The van der Waals surface area contributed by atoms with Gasteiger partial charge >= 0.3 is 0 Å². The monoisotopic (exact) mass is 228 g/mol. The third-order valence-electron chi connectivity index (χ3n) is 1.81. The zero-order chi connectivity index (χ0) is 11.4. The van der Waals surface area contributed by atoms with Gasteiger partial charge in [0.25, 0.3) is 5.91 Å². The van der Waals surface area contributed by atoms with E-state index in [1.165, 1.54) is 11.0 Å². The van der Waals surface area contributed by atoms with Crippen molar-refractivity contribution in [1.82, 2.24) is 14.9 Å². The molecule has 0 saturated heterocycles. The van der Waals surface area contributed by atoms with E-state index in [4.69, 9.17) is 17.3 Å². The predicted octanol–water partition coefficient (Wildman–Crippen LogP) is 1.19. The molecule has 0 saturated carbocycles. The van der Waals surface area contributed by atoms with Crippen LogP contribution in [0.15, 0.2) is 6.07 Å². The summed E-state index contributed by atoms with van der Waals surface area (Å²) in [6.07, 6.45) is 0.873. The normalized spacial score (nSPS) is 10.1. The molecule has 0 aromatic carbocycles. The van der Waals surface area contributed by atoms with Crippen LogP contribution in [0.2, 0.25) is 5.15 Å². The molecule has 82 valence electrons. The van der Waals surface area contributed by atoms with Crippen molar-refractivity contribution in [1.29, 1.82) is 0 Å². The Morgan fingerprint density at radius 2 is 2.27 bits per heavy atom. The molecule has 5 nitrogen and oxygen atoms in total. The molecule has 1 heterocycles. The summed E-state index contributed by atoms with van der Waals surface area (Å²) in [6.45, 7) is 2.63. The molecule has 1 aromatic heterocycles. The van der Waals surface area contributed by atoms with Crippen LogP contribution >= 0.6 is 11.6 Å². The highest BCUT2D eigenvalue weighted by molar-refractivity contribution is 6.29. The first-order valence-corrected chi connectivity index (χ1v) is 4.98. The van der Waals surface area contributed by atoms with E-state index in [-0.39, 0.29) is 22.7 Å². The Kier molecular flexibility index (Phi) is 3.85. The molecule has 1 amide bonds. The van der Waals surface area contributed by atoms with Crippen molar-refractivity contribution < 1.29 is 4.79 Å². The number of anilines is 1. The first kappa shape index (κ1) is 11.7. The summed E-state index contributed by atoms with van der Waals surface area (Å²) in [6, 6.07) is 1.40. The average molecular weight is 229 g/mol. The minimum atomic E-state index is -0.272. The molecule has 0 aliphatic carbocycles. The largest absolute Gasteiger partial charge is 0.384 e. The third kappa shape index (κ3) is 3.06. The summed E-state index contributed by atoms with van der Waals surface area (Å²) >= 11 is 5.67. The van der Waals surface area contributed by atoms with Crippen molar-refractivity contribution in [2.75, 3.05) is 19.3 Å². The lowest BCUT2D eigenvalue weighted by atomic mass is 10.4. The summed E-state index contributed by atoms with van der Waals surface area (Å²) in [5.74, 6) is -0.0368. The Labute approximate surface area is 93.3 Å². The van der Waals surface area contributed by atoms with Crippen LogP contribution < -0.4 is 5.73 Å². The van der Waals surface area contributed by atoms with Crippen LogP contribution in [0.25, 0.3) is 0 Å². The van der Waals surface area contributed by atoms with Crippen molar-refractivity contribution in [2.24, 2.45) is 0 Å². The van der Waals surface area contributed by atoms with Crippen molar-refractivity contribution in [3.05, 3.63) is 17.0 Å². The van der Waals surface area contributed by atoms with Gasteiger partial charge in [0.2, 0.25) is 5.82 Å². The number of nitrogens with two attached hydrogens (primary N) is 1. The summed E-state index contributed by atoms with van der Waals surface area (Å²) < 4.78 is 0. The first-order valence-electron chi connectivity index (χ1n) is 4.60. The van der Waals surface area contributed by atoms with E-state index in [9.17, 15) is 4.79 Å². The molecule has 0 bridgehead atoms. The number of carbonyl (C=O) groups is 1.